The van der Waals surface area contributed by atoms with E-state index < -0.39 is 0 Å². The number of alkyl halides is 1. The quantitative estimate of drug-likeness (QED) is 0.331. The van der Waals surface area contributed by atoms with E-state index in [1.807, 2.05) is 7.11 Å². The Morgan fingerprint density at radius 3 is 2.94 bits per heavy atom. The van der Waals surface area contributed by atoms with E-state index in [9.17, 15) is 0 Å². The smallest absolute Gasteiger partial charge is 0.167 e. The fourth-order valence-corrected chi connectivity index (χ4v) is 8.71. The van der Waals surface area contributed by atoms with Crippen LogP contribution in [0.25, 0.3) is 0 Å². The molecule has 17 heavy (non-hydrogen) atoms. The molecule has 4 aliphatic carbocycles. The van der Waals surface area contributed by atoms with Crippen LogP contribution in [0.5, 0.6) is 0 Å². The number of rotatable bonds is 3. The van der Waals surface area contributed by atoms with E-state index in [2.05, 4.69) is 12.2 Å². The van der Waals surface area contributed by atoms with Gasteiger partial charge in [0.15, 0.2) is 9.76 Å². The summed E-state index contributed by atoms with van der Waals surface area (Å²) in [6, 6.07) is 0. The minimum Gasteiger partial charge on any atom is -0.427 e. The van der Waals surface area contributed by atoms with Crippen molar-refractivity contribution < 1.29 is 4.43 Å². The third-order valence-corrected chi connectivity index (χ3v) is 8.58. The third kappa shape index (κ3) is 1.25. The van der Waals surface area contributed by atoms with Crippen LogP contribution in [0.3, 0.4) is 0 Å². The average Bonchev–Trinajstić information content (AvgIpc) is 3.05. The maximum atomic E-state index is 6.21. The Labute approximate surface area is 111 Å². The molecule has 3 heteroatoms. The highest BCUT2D eigenvalue weighted by Crippen LogP contribution is 2.75. The minimum atomic E-state index is -0.372. The summed E-state index contributed by atoms with van der Waals surface area (Å²) in [4.78, 5) is 0. The van der Waals surface area contributed by atoms with Crippen LogP contribution in [0.2, 0.25) is 5.04 Å². The van der Waals surface area contributed by atoms with Crippen molar-refractivity contribution in [1.82, 2.24) is 0 Å². The van der Waals surface area contributed by atoms with Gasteiger partial charge in [-0.3, -0.25) is 0 Å². The highest BCUT2D eigenvalue weighted by atomic mass is 35.5. The first-order valence-electron chi connectivity index (χ1n) is 7.02. The van der Waals surface area contributed by atoms with Crippen molar-refractivity contribution >= 4 is 21.4 Å². The van der Waals surface area contributed by atoms with Crippen molar-refractivity contribution in [1.29, 1.82) is 0 Å². The number of fused-ring (bicyclic) bond motifs is 9. The molecule has 0 N–H and O–H groups in total. The van der Waals surface area contributed by atoms with E-state index in [0.717, 1.165) is 41.4 Å². The van der Waals surface area contributed by atoms with Gasteiger partial charge in [0.25, 0.3) is 0 Å². The van der Waals surface area contributed by atoms with Gasteiger partial charge in [-0.2, -0.15) is 0 Å². The van der Waals surface area contributed by atoms with E-state index in [1.165, 1.54) is 19.3 Å². The standard InChI is InChI=1S/C14H21ClOSi/c1-16-17-14-5-10(7-15)11(6-14)12-8-2-3-9(4-8)13(12)14/h2-3,8-13H,4-7,17H2,1H3. The van der Waals surface area contributed by atoms with Gasteiger partial charge >= 0.3 is 0 Å². The predicted octanol–water partition coefficient (Wildman–Crippen LogP) is 2.59. The normalized spacial score (nSPS) is 58.7. The molecule has 0 aromatic heterocycles. The van der Waals surface area contributed by atoms with E-state index in [1.54, 1.807) is 0 Å². The zero-order valence-electron chi connectivity index (χ0n) is 10.4. The summed E-state index contributed by atoms with van der Waals surface area (Å²) in [5.41, 5.74) is 0. The first kappa shape index (κ1) is 11.1. The molecule has 4 bridgehead atoms. The molecule has 0 aromatic rings. The zero-order valence-corrected chi connectivity index (χ0v) is 12.6. The molecule has 0 radical (unpaired) electrons. The largest absolute Gasteiger partial charge is 0.427 e. The summed E-state index contributed by atoms with van der Waals surface area (Å²) in [6.45, 7) is 0. The Hall–Kier alpha value is 0.207. The Morgan fingerprint density at radius 1 is 1.35 bits per heavy atom. The molecule has 0 aliphatic heterocycles. The number of halogens is 1. The maximum absolute atomic E-state index is 6.21. The Bertz CT molecular complexity index is 371. The first-order chi connectivity index (χ1) is 8.29. The van der Waals surface area contributed by atoms with Crippen molar-refractivity contribution in [2.45, 2.75) is 24.3 Å². The predicted molar refractivity (Wildman–Crippen MR) is 72.9 cm³/mol. The van der Waals surface area contributed by atoms with Gasteiger partial charge in [0.1, 0.15) is 0 Å². The molecular weight excluding hydrogens is 248 g/mol. The molecule has 1 nitrogen and oxygen atoms in total. The molecule has 94 valence electrons. The summed E-state index contributed by atoms with van der Waals surface area (Å²) in [5.74, 6) is 6.37. The molecule has 3 fully saturated rings. The number of hydrogen-bond acceptors (Lipinski definition) is 1. The lowest BCUT2D eigenvalue weighted by atomic mass is 9.69. The van der Waals surface area contributed by atoms with Crippen molar-refractivity contribution in [3.8, 4) is 0 Å². The molecule has 0 heterocycles. The van der Waals surface area contributed by atoms with Crippen molar-refractivity contribution in [3.05, 3.63) is 12.2 Å². The summed E-state index contributed by atoms with van der Waals surface area (Å²) in [7, 11) is 1.56. The summed E-state index contributed by atoms with van der Waals surface area (Å²) < 4.78 is 5.73. The Balaban J connectivity index is 1.73. The molecule has 0 saturated heterocycles. The highest BCUT2D eigenvalue weighted by Gasteiger charge is 2.67. The second-order valence-electron chi connectivity index (χ2n) is 6.83. The summed E-state index contributed by atoms with van der Waals surface area (Å²) in [6.07, 6.45) is 9.32. The minimum absolute atomic E-state index is 0.372. The highest BCUT2D eigenvalue weighted by molar-refractivity contribution is 6.33. The second-order valence-corrected chi connectivity index (χ2v) is 9.42. The van der Waals surface area contributed by atoms with Crippen molar-refractivity contribution in [2.24, 2.45) is 35.5 Å². The van der Waals surface area contributed by atoms with Crippen LogP contribution in [-0.4, -0.2) is 22.8 Å². The second kappa shape index (κ2) is 3.61. The molecule has 0 amide bonds. The number of hydrogen-bond donors (Lipinski definition) is 0. The van der Waals surface area contributed by atoms with Crippen LogP contribution >= 0.6 is 11.6 Å². The van der Waals surface area contributed by atoms with Gasteiger partial charge in [0, 0.05) is 13.0 Å². The van der Waals surface area contributed by atoms with Crippen molar-refractivity contribution in [2.75, 3.05) is 13.0 Å². The summed E-state index contributed by atoms with van der Waals surface area (Å²) in [5, 5.41) is 0.619. The van der Waals surface area contributed by atoms with Crippen LogP contribution < -0.4 is 0 Å². The molecule has 0 aromatic carbocycles. The molecule has 7 atom stereocenters. The average molecular weight is 269 g/mol. The van der Waals surface area contributed by atoms with Crippen LogP contribution in [0, 0.1) is 35.5 Å². The van der Waals surface area contributed by atoms with Gasteiger partial charge in [0.05, 0.1) is 0 Å². The fraction of sp³-hybridized carbons (Fsp3) is 0.857. The molecule has 0 spiro atoms. The van der Waals surface area contributed by atoms with Crippen LogP contribution in [0.1, 0.15) is 19.3 Å². The topological polar surface area (TPSA) is 9.23 Å². The van der Waals surface area contributed by atoms with Crippen molar-refractivity contribution in [3.63, 3.8) is 0 Å². The van der Waals surface area contributed by atoms with E-state index in [-0.39, 0.29) is 9.76 Å². The third-order valence-electron chi connectivity index (χ3n) is 6.27. The summed E-state index contributed by atoms with van der Waals surface area (Å²) >= 11 is 6.21. The molecular formula is C14H21ClOSi. The lowest BCUT2D eigenvalue weighted by Gasteiger charge is -2.42. The molecule has 4 aliphatic rings. The van der Waals surface area contributed by atoms with Gasteiger partial charge < -0.3 is 4.43 Å². The maximum Gasteiger partial charge on any atom is 0.167 e. The van der Waals surface area contributed by atoms with E-state index >= 15 is 0 Å². The van der Waals surface area contributed by atoms with Gasteiger partial charge in [0.2, 0.25) is 0 Å². The van der Waals surface area contributed by atoms with E-state index in [4.69, 9.17) is 16.0 Å². The first-order valence-corrected chi connectivity index (χ1v) is 8.84. The van der Waals surface area contributed by atoms with Gasteiger partial charge in [-0.05, 0) is 59.8 Å². The molecule has 7 unspecified atom stereocenters. The molecule has 4 rings (SSSR count). The van der Waals surface area contributed by atoms with Gasteiger partial charge in [-0.15, -0.1) is 11.6 Å². The zero-order chi connectivity index (χ0) is 11.6. The molecule has 3 saturated carbocycles. The lowest BCUT2D eigenvalue weighted by molar-refractivity contribution is 0.161. The Morgan fingerprint density at radius 2 is 2.18 bits per heavy atom. The monoisotopic (exact) mass is 268 g/mol. The SMILES string of the molecule is CO[SiH2]C12CC(CCl)C(C1)C1C3C=CC(C3)C12. The van der Waals surface area contributed by atoms with Gasteiger partial charge in [-0.1, -0.05) is 12.2 Å². The van der Waals surface area contributed by atoms with Crippen LogP contribution in [0.4, 0.5) is 0 Å². The van der Waals surface area contributed by atoms with E-state index in [0.29, 0.717) is 5.04 Å². The Kier molecular flexibility index (Phi) is 2.35. The van der Waals surface area contributed by atoms with Gasteiger partial charge in [-0.25, -0.2) is 0 Å². The fourth-order valence-electron chi connectivity index (χ4n) is 6.09. The lowest BCUT2D eigenvalue weighted by Crippen LogP contribution is -2.37. The van der Waals surface area contributed by atoms with Crippen LogP contribution in [-0.2, 0) is 4.43 Å². The van der Waals surface area contributed by atoms with Crippen LogP contribution in [0.15, 0.2) is 12.2 Å². The number of allylic oxidation sites excluding steroid dienone is 2.